The van der Waals surface area contributed by atoms with Crippen molar-refractivity contribution in [1.82, 2.24) is 9.80 Å². The maximum absolute atomic E-state index is 12.8. The number of carbonyl (C=O) groups is 1. The third-order valence-electron chi connectivity index (χ3n) is 4.40. The van der Waals surface area contributed by atoms with Gasteiger partial charge in [0.05, 0.1) is 5.75 Å². The lowest BCUT2D eigenvalue weighted by molar-refractivity contribution is 0.0644. The lowest BCUT2D eigenvalue weighted by Crippen LogP contribution is -2.49. The van der Waals surface area contributed by atoms with Gasteiger partial charge in [-0.1, -0.05) is 12.1 Å². The minimum absolute atomic E-state index is 0.0415. The highest BCUT2D eigenvalue weighted by molar-refractivity contribution is 7.90. The molecule has 0 unspecified atom stereocenters. The van der Waals surface area contributed by atoms with Crippen molar-refractivity contribution in [2.75, 3.05) is 44.7 Å². The van der Waals surface area contributed by atoms with E-state index in [0.29, 0.717) is 38.3 Å². The predicted molar refractivity (Wildman–Crippen MR) is 102 cm³/mol. The van der Waals surface area contributed by atoms with E-state index in [1.165, 1.54) is 6.26 Å². The van der Waals surface area contributed by atoms with Crippen molar-refractivity contribution in [2.45, 2.75) is 0 Å². The number of benzene rings is 1. The fraction of sp³-hybridized carbons (Fsp3) is 0.389. The Balaban J connectivity index is 1.60. The summed E-state index contributed by atoms with van der Waals surface area (Å²) in [5, 5.41) is 4.10. The number of hydrogen-bond acceptors (Lipinski definition) is 5. The van der Waals surface area contributed by atoms with Crippen LogP contribution in [0.4, 0.5) is 0 Å². The van der Waals surface area contributed by atoms with E-state index in [1.807, 2.05) is 34.5 Å². The van der Waals surface area contributed by atoms with Crippen molar-refractivity contribution in [3.05, 3.63) is 46.7 Å². The van der Waals surface area contributed by atoms with Gasteiger partial charge in [0, 0.05) is 44.5 Å². The lowest BCUT2D eigenvalue weighted by atomic mass is 10.0. The fourth-order valence-electron chi connectivity index (χ4n) is 2.91. The third kappa shape index (κ3) is 4.90. The summed E-state index contributed by atoms with van der Waals surface area (Å²) < 4.78 is 22.5. The standard InChI is InChI=1S/C18H22N2O3S2/c1-25(22,23)12-10-19-6-8-20(9-7-19)18(21)16-4-2-3-15(13-16)17-5-11-24-14-17/h2-5,11,13-14H,6-10,12H2,1H3. The van der Waals surface area contributed by atoms with Gasteiger partial charge in [-0.3, -0.25) is 9.69 Å². The second-order valence-corrected chi connectivity index (χ2v) is 9.40. The fourth-order valence-corrected chi connectivity index (χ4v) is 4.17. The van der Waals surface area contributed by atoms with Gasteiger partial charge in [-0.15, -0.1) is 0 Å². The summed E-state index contributed by atoms with van der Waals surface area (Å²) in [5.74, 6) is 0.212. The van der Waals surface area contributed by atoms with Gasteiger partial charge in [-0.2, -0.15) is 11.3 Å². The molecule has 1 aromatic heterocycles. The molecule has 25 heavy (non-hydrogen) atoms. The molecular formula is C18H22N2O3S2. The van der Waals surface area contributed by atoms with Crippen LogP contribution in [0.1, 0.15) is 10.4 Å². The van der Waals surface area contributed by atoms with E-state index in [1.54, 1.807) is 11.3 Å². The van der Waals surface area contributed by atoms with Crippen LogP contribution >= 0.6 is 11.3 Å². The first-order chi connectivity index (χ1) is 11.9. The maximum Gasteiger partial charge on any atom is 0.253 e. The van der Waals surface area contributed by atoms with Gasteiger partial charge in [-0.05, 0) is 40.1 Å². The van der Waals surface area contributed by atoms with Gasteiger partial charge in [0.25, 0.3) is 5.91 Å². The molecule has 3 rings (SSSR count). The van der Waals surface area contributed by atoms with E-state index in [4.69, 9.17) is 0 Å². The second-order valence-electron chi connectivity index (χ2n) is 6.36. The molecule has 5 nitrogen and oxygen atoms in total. The van der Waals surface area contributed by atoms with Crippen LogP contribution in [0.15, 0.2) is 41.1 Å². The minimum atomic E-state index is -2.94. The molecule has 1 aliphatic rings. The molecule has 1 saturated heterocycles. The van der Waals surface area contributed by atoms with Crippen LogP contribution in [0.2, 0.25) is 0 Å². The highest BCUT2D eigenvalue weighted by Gasteiger charge is 2.22. The van der Waals surface area contributed by atoms with E-state index in [9.17, 15) is 13.2 Å². The van der Waals surface area contributed by atoms with Gasteiger partial charge in [-0.25, -0.2) is 8.42 Å². The van der Waals surface area contributed by atoms with Crippen LogP contribution in [-0.4, -0.2) is 68.9 Å². The average Bonchev–Trinajstić information content (AvgIpc) is 3.14. The molecule has 134 valence electrons. The number of sulfone groups is 1. The molecule has 0 N–H and O–H groups in total. The number of hydrogen-bond donors (Lipinski definition) is 0. The molecule has 0 saturated carbocycles. The van der Waals surface area contributed by atoms with Gasteiger partial charge in [0.2, 0.25) is 0 Å². The van der Waals surface area contributed by atoms with Crippen LogP contribution in [0, 0.1) is 0 Å². The quantitative estimate of drug-likeness (QED) is 0.801. The summed E-state index contributed by atoms with van der Waals surface area (Å²) in [6.07, 6.45) is 1.26. The van der Waals surface area contributed by atoms with Crippen LogP contribution < -0.4 is 0 Å². The molecule has 1 fully saturated rings. The summed E-state index contributed by atoms with van der Waals surface area (Å²) in [6, 6.07) is 9.79. The molecule has 2 aromatic rings. The predicted octanol–water partition coefficient (Wildman–Crippen LogP) is 2.22. The maximum atomic E-state index is 12.8. The Hall–Kier alpha value is -1.70. The topological polar surface area (TPSA) is 57.7 Å². The monoisotopic (exact) mass is 378 g/mol. The summed E-state index contributed by atoms with van der Waals surface area (Å²) in [5.41, 5.74) is 2.89. The van der Waals surface area contributed by atoms with E-state index >= 15 is 0 Å². The Morgan fingerprint density at radius 2 is 1.88 bits per heavy atom. The van der Waals surface area contributed by atoms with E-state index in [2.05, 4.69) is 16.3 Å². The van der Waals surface area contributed by atoms with Gasteiger partial charge in [0.15, 0.2) is 0 Å². The first-order valence-corrected chi connectivity index (χ1v) is 11.2. The molecule has 0 radical (unpaired) electrons. The van der Waals surface area contributed by atoms with Crippen LogP contribution in [0.5, 0.6) is 0 Å². The normalized spacial score (nSPS) is 16.1. The molecule has 0 atom stereocenters. The Morgan fingerprint density at radius 1 is 1.12 bits per heavy atom. The molecule has 1 aromatic carbocycles. The second kappa shape index (κ2) is 7.68. The molecule has 0 spiro atoms. The van der Waals surface area contributed by atoms with Crippen molar-refractivity contribution >= 4 is 27.1 Å². The van der Waals surface area contributed by atoms with Crippen molar-refractivity contribution in [3.63, 3.8) is 0 Å². The number of amides is 1. The lowest BCUT2D eigenvalue weighted by Gasteiger charge is -2.34. The Morgan fingerprint density at radius 3 is 2.52 bits per heavy atom. The first-order valence-electron chi connectivity index (χ1n) is 8.24. The van der Waals surface area contributed by atoms with Gasteiger partial charge >= 0.3 is 0 Å². The highest BCUT2D eigenvalue weighted by Crippen LogP contribution is 2.23. The Bertz CT molecular complexity index is 824. The van der Waals surface area contributed by atoms with E-state index in [-0.39, 0.29) is 11.7 Å². The SMILES string of the molecule is CS(=O)(=O)CCN1CCN(C(=O)c2cccc(-c3ccsc3)c2)CC1. The zero-order valence-electron chi connectivity index (χ0n) is 14.2. The molecular weight excluding hydrogens is 356 g/mol. The molecule has 2 heterocycles. The van der Waals surface area contributed by atoms with E-state index in [0.717, 1.165) is 11.1 Å². The largest absolute Gasteiger partial charge is 0.336 e. The summed E-state index contributed by atoms with van der Waals surface area (Å²) in [7, 11) is -2.94. The zero-order chi connectivity index (χ0) is 17.9. The van der Waals surface area contributed by atoms with Crippen molar-refractivity contribution in [1.29, 1.82) is 0 Å². The molecule has 1 aliphatic heterocycles. The number of carbonyl (C=O) groups excluding carboxylic acids is 1. The Kier molecular flexibility index (Phi) is 5.56. The van der Waals surface area contributed by atoms with Crippen molar-refractivity contribution in [2.24, 2.45) is 0 Å². The van der Waals surface area contributed by atoms with E-state index < -0.39 is 9.84 Å². The smallest absolute Gasteiger partial charge is 0.253 e. The van der Waals surface area contributed by atoms with Gasteiger partial charge in [0.1, 0.15) is 9.84 Å². The third-order valence-corrected chi connectivity index (χ3v) is 6.01. The van der Waals surface area contributed by atoms with Crippen molar-refractivity contribution in [3.8, 4) is 11.1 Å². The minimum Gasteiger partial charge on any atom is -0.336 e. The molecule has 7 heteroatoms. The number of nitrogens with zero attached hydrogens (tertiary/aromatic N) is 2. The summed E-state index contributed by atoms with van der Waals surface area (Å²) in [4.78, 5) is 16.7. The number of rotatable bonds is 5. The number of piperazine rings is 1. The molecule has 1 amide bonds. The highest BCUT2D eigenvalue weighted by atomic mass is 32.2. The summed E-state index contributed by atoms with van der Waals surface area (Å²) >= 11 is 1.64. The average molecular weight is 379 g/mol. The van der Waals surface area contributed by atoms with Crippen LogP contribution in [0.25, 0.3) is 11.1 Å². The van der Waals surface area contributed by atoms with Crippen molar-refractivity contribution < 1.29 is 13.2 Å². The first kappa shape index (κ1) is 18.1. The number of thiophene rings is 1. The van der Waals surface area contributed by atoms with Crippen LogP contribution in [0.3, 0.4) is 0 Å². The molecule has 0 bridgehead atoms. The van der Waals surface area contributed by atoms with Gasteiger partial charge < -0.3 is 4.90 Å². The zero-order valence-corrected chi connectivity index (χ0v) is 15.9. The Labute approximate surface area is 152 Å². The summed E-state index contributed by atoms with van der Waals surface area (Å²) in [6.45, 7) is 3.22. The van der Waals surface area contributed by atoms with Crippen LogP contribution in [-0.2, 0) is 9.84 Å². The molecule has 0 aliphatic carbocycles.